The largest absolute Gasteiger partial charge is 2.00 e. The van der Waals surface area contributed by atoms with Gasteiger partial charge in [-0.2, -0.15) is 0 Å². The Morgan fingerprint density at radius 3 is 1.16 bits per heavy atom. The molecule has 0 saturated carbocycles. The fourth-order valence-electron chi connectivity index (χ4n) is 1.50. The van der Waals surface area contributed by atoms with Crippen LogP contribution in [0.3, 0.4) is 0 Å². The van der Waals surface area contributed by atoms with Gasteiger partial charge in [-0.1, -0.05) is 0 Å². The zero-order valence-corrected chi connectivity index (χ0v) is 13.5. The molecule has 2 aromatic rings. The molecule has 0 aliphatic carbocycles. The number of carboxylic acid groups (broad SMARTS) is 4. The molecule has 0 amide bonds. The first kappa shape index (κ1) is 21.7. The SMILES string of the molecule is O=C(O)c1cccnc1C(=O)O.O=C(O)c1cccnc1C(=O)O.[Cr+2]. The number of aromatic nitrogens is 2. The van der Waals surface area contributed by atoms with Crippen molar-refractivity contribution in [3.05, 3.63) is 59.2 Å². The summed E-state index contributed by atoms with van der Waals surface area (Å²) in [5, 5.41) is 34.0. The summed E-state index contributed by atoms with van der Waals surface area (Å²) in [6.07, 6.45) is 2.46. The monoisotopic (exact) mass is 386 g/mol. The van der Waals surface area contributed by atoms with Crippen molar-refractivity contribution in [2.24, 2.45) is 0 Å². The Bertz CT molecular complexity index is 675. The van der Waals surface area contributed by atoms with E-state index in [2.05, 4.69) is 9.97 Å². The molecule has 0 aliphatic rings. The van der Waals surface area contributed by atoms with E-state index in [0.717, 1.165) is 0 Å². The Kier molecular flexibility index (Phi) is 8.48. The van der Waals surface area contributed by atoms with Gasteiger partial charge in [0.05, 0.1) is 11.1 Å². The van der Waals surface area contributed by atoms with Crippen molar-refractivity contribution >= 4 is 23.9 Å². The maximum atomic E-state index is 10.4. The Morgan fingerprint density at radius 1 is 0.640 bits per heavy atom. The summed E-state index contributed by atoms with van der Waals surface area (Å²) in [5.41, 5.74) is -1.48. The minimum absolute atomic E-state index is 0. The van der Waals surface area contributed by atoms with Crippen LogP contribution in [-0.4, -0.2) is 54.3 Å². The number of aromatic carboxylic acids is 4. The van der Waals surface area contributed by atoms with Crippen LogP contribution >= 0.6 is 0 Å². The van der Waals surface area contributed by atoms with Crippen molar-refractivity contribution in [2.75, 3.05) is 0 Å². The Labute approximate surface area is 150 Å². The molecule has 0 spiro atoms. The van der Waals surface area contributed by atoms with Crippen LogP contribution in [-0.2, 0) is 17.4 Å². The van der Waals surface area contributed by atoms with Gasteiger partial charge in [0.25, 0.3) is 0 Å². The quantitative estimate of drug-likeness (QED) is 0.592. The van der Waals surface area contributed by atoms with Gasteiger partial charge in [-0.3, -0.25) is 0 Å². The van der Waals surface area contributed by atoms with E-state index in [4.69, 9.17) is 20.4 Å². The van der Waals surface area contributed by atoms with Crippen molar-refractivity contribution < 1.29 is 57.0 Å². The second-order valence-corrected chi connectivity index (χ2v) is 4.02. The summed E-state index contributed by atoms with van der Waals surface area (Å²) in [4.78, 5) is 48.5. The summed E-state index contributed by atoms with van der Waals surface area (Å²) in [5.74, 6) is -5.26. The van der Waals surface area contributed by atoms with Crippen LogP contribution in [0.15, 0.2) is 36.7 Å². The fraction of sp³-hybridized carbons (Fsp3) is 0. The number of nitrogens with zero attached hydrogens (tertiary/aromatic N) is 2. The van der Waals surface area contributed by atoms with E-state index in [9.17, 15) is 19.2 Å². The summed E-state index contributed by atoms with van der Waals surface area (Å²) >= 11 is 0. The predicted molar refractivity (Wildman–Crippen MR) is 76.3 cm³/mol. The molecule has 0 aromatic carbocycles. The molecular weight excluding hydrogens is 376 g/mol. The van der Waals surface area contributed by atoms with Gasteiger partial charge in [-0.25, -0.2) is 29.1 Å². The molecule has 4 N–H and O–H groups in total. The average molecular weight is 386 g/mol. The number of hydrogen-bond acceptors (Lipinski definition) is 6. The van der Waals surface area contributed by atoms with Crippen molar-refractivity contribution in [2.45, 2.75) is 0 Å². The zero-order valence-electron chi connectivity index (χ0n) is 12.2. The van der Waals surface area contributed by atoms with Gasteiger partial charge in [0.1, 0.15) is 0 Å². The van der Waals surface area contributed by atoms with E-state index in [0.29, 0.717) is 0 Å². The van der Waals surface area contributed by atoms with E-state index >= 15 is 0 Å². The Morgan fingerprint density at radius 2 is 0.960 bits per heavy atom. The third-order valence-electron chi connectivity index (χ3n) is 2.48. The van der Waals surface area contributed by atoms with Crippen LogP contribution in [0, 0.1) is 0 Å². The van der Waals surface area contributed by atoms with Gasteiger partial charge in [-0.15, -0.1) is 0 Å². The van der Waals surface area contributed by atoms with E-state index in [1.165, 1.54) is 36.7 Å². The van der Waals surface area contributed by atoms with Gasteiger partial charge < -0.3 is 20.4 Å². The molecule has 128 valence electrons. The van der Waals surface area contributed by atoms with Crippen LogP contribution in [0.5, 0.6) is 0 Å². The zero-order chi connectivity index (χ0) is 18.3. The third-order valence-corrected chi connectivity index (χ3v) is 2.48. The first-order valence-corrected chi connectivity index (χ1v) is 6.09. The molecule has 2 aromatic heterocycles. The first-order valence-electron chi connectivity index (χ1n) is 6.09. The number of pyridine rings is 2. The number of rotatable bonds is 4. The van der Waals surface area contributed by atoms with Crippen LogP contribution in [0.25, 0.3) is 0 Å². The van der Waals surface area contributed by atoms with E-state index in [-0.39, 0.29) is 28.5 Å². The number of carbonyl (C=O) groups is 4. The van der Waals surface area contributed by atoms with Crippen LogP contribution < -0.4 is 0 Å². The number of hydrogen-bond donors (Lipinski definition) is 4. The molecule has 2 rings (SSSR count). The second-order valence-electron chi connectivity index (χ2n) is 4.02. The van der Waals surface area contributed by atoms with E-state index in [1.54, 1.807) is 0 Å². The number of carboxylic acids is 4. The second kappa shape index (κ2) is 9.76. The molecule has 0 saturated heterocycles. The summed E-state index contributed by atoms with van der Waals surface area (Å²) < 4.78 is 0. The molecule has 0 unspecified atom stereocenters. The molecule has 2 heterocycles. The Hall–Kier alpha value is -3.29. The average Bonchev–Trinajstić information content (AvgIpc) is 2.55. The molecule has 0 bridgehead atoms. The molecule has 0 aliphatic heterocycles. The summed E-state index contributed by atoms with van der Waals surface area (Å²) in [7, 11) is 0. The van der Waals surface area contributed by atoms with Crippen molar-refractivity contribution in [3.63, 3.8) is 0 Å². The molecular formula is C14H10CrN2O8+2. The smallest absolute Gasteiger partial charge is 0.478 e. The maximum absolute atomic E-state index is 10.4. The summed E-state index contributed by atoms with van der Waals surface area (Å²) in [6, 6.07) is 5.13. The van der Waals surface area contributed by atoms with E-state index < -0.39 is 35.3 Å². The standard InChI is InChI=1S/2C7H5NO4.Cr/c2*9-6(10)4-2-1-3-8-5(4)7(11)12;/h2*1-3H,(H,9,10)(H,11,12);/q;;+2. The van der Waals surface area contributed by atoms with Crippen molar-refractivity contribution in [3.8, 4) is 0 Å². The minimum Gasteiger partial charge on any atom is -0.478 e. The normalized spacial score (nSPS) is 8.96. The van der Waals surface area contributed by atoms with Crippen molar-refractivity contribution in [1.29, 1.82) is 0 Å². The van der Waals surface area contributed by atoms with Crippen LogP contribution in [0.4, 0.5) is 0 Å². The fourth-order valence-corrected chi connectivity index (χ4v) is 1.50. The minimum atomic E-state index is -1.34. The third kappa shape index (κ3) is 6.02. The Balaban J connectivity index is 0.000000443. The molecule has 25 heavy (non-hydrogen) atoms. The topological polar surface area (TPSA) is 175 Å². The van der Waals surface area contributed by atoms with Crippen LogP contribution in [0.2, 0.25) is 0 Å². The maximum Gasteiger partial charge on any atom is 2.00 e. The molecule has 0 fully saturated rings. The first-order chi connectivity index (χ1) is 11.3. The molecule has 0 radical (unpaired) electrons. The van der Waals surface area contributed by atoms with Gasteiger partial charge in [0, 0.05) is 12.4 Å². The molecule has 10 nitrogen and oxygen atoms in total. The van der Waals surface area contributed by atoms with Gasteiger partial charge in [-0.05, 0) is 24.3 Å². The van der Waals surface area contributed by atoms with Gasteiger partial charge >= 0.3 is 41.2 Å². The van der Waals surface area contributed by atoms with Gasteiger partial charge in [0.2, 0.25) is 0 Å². The van der Waals surface area contributed by atoms with Gasteiger partial charge in [0.15, 0.2) is 11.4 Å². The van der Waals surface area contributed by atoms with Crippen LogP contribution in [0.1, 0.15) is 41.7 Å². The van der Waals surface area contributed by atoms with Crippen molar-refractivity contribution in [1.82, 2.24) is 9.97 Å². The molecule has 11 heteroatoms. The summed E-state index contributed by atoms with van der Waals surface area (Å²) in [6.45, 7) is 0. The predicted octanol–water partition coefficient (Wildman–Crippen LogP) is 0.954. The molecule has 0 atom stereocenters. The van der Waals surface area contributed by atoms with E-state index in [1.807, 2.05) is 0 Å².